The number of hydrogen-bond acceptors (Lipinski definition) is 2. The highest BCUT2D eigenvalue weighted by Gasteiger charge is 2.34. The molecular weight excluding hydrogens is 438 g/mol. The highest BCUT2D eigenvalue weighted by molar-refractivity contribution is 5.88. The van der Waals surface area contributed by atoms with E-state index < -0.39 is 5.41 Å². The van der Waals surface area contributed by atoms with Gasteiger partial charge in [0.05, 0.1) is 0 Å². The minimum Gasteiger partial charge on any atom is -0.507 e. The number of nitrogens with zero attached hydrogens (tertiary/aromatic N) is 1. The quantitative estimate of drug-likeness (QED) is 0.221. The molecule has 4 aromatic rings. The maximum Gasteiger partial charge on any atom is 0.128 e. The Morgan fingerprint density at radius 2 is 1.25 bits per heavy atom. The molecule has 0 unspecified atom stereocenters. The molecule has 1 aliphatic rings. The van der Waals surface area contributed by atoms with Crippen molar-refractivity contribution in [2.24, 2.45) is 10.9 Å². The van der Waals surface area contributed by atoms with Crippen LogP contribution in [0.2, 0.25) is 0 Å². The topological polar surface area (TPSA) is 32.6 Å². The Bertz CT molecular complexity index is 1260. The third-order valence-electron chi connectivity index (χ3n) is 7.90. The van der Waals surface area contributed by atoms with E-state index in [0.29, 0.717) is 11.8 Å². The zero-order valence-corrected chi connectivity index (χ0v) is 21.3. The summed E-state index contributed by atoms with van der Waals surface area (Å²) in [5, 5.41) is 11.8. The van der Waals surface area contributed by atoms with Gasteiger partial charge >= 0.3 is 0 Å². The Labute approximate surface area is 215 Å². The Kier molecular flexibility index (Phi) is 7.04. The number of phenolic OH excluding ortho intramolecular Hbond substituents is 1. The van der Waals surface area contributed by atoms with E-state index in [-0.39, 0.29) is 0 Å². The van der Waals surface area contributed by atoms with Gasteiger partial charge in [-0.15, -0.1) is 0 Å². The molecule has 1 fully saturated rings. The maximum atomic E-state index is 11.8. The largest absolute Gasteiger partial charge is 0.507 e. The van der Waals surface area contributed by atoms with Crippen LogP contribution in [-0.4, -0.2) is 17.4 Å². The normalized spacial score (nSPS) is 18.4. The van der Waals surface area contributed by atoms with Crippen LogP contribution < -0.4 is 0 Å². The minimum absolute atomic E-state index is 0.304. The monoisotopic (exact) mass is 473 g/mol. The molecule has 182 valence electrons. The third-order valence-corrected chi connectivity index (χ3v) is 7.90. The van der Waals surface area contributed by atoms with Crippen molar-refractivity contribution < 1.29 is 5.11 Å². The van der Waals surface area contributed by atoms with E-state index in [4.69, 9.17) is 4.99 Å². The smallest absolute Gasteiger partial charge is 0.128 e. The lowest BCUT2D eigenvalue weighted by Crippen LogP contribution is -2.26. The van der Waals surface area contributed by atoms with Gasteiger partial charge in [0.25, 0.3) is 0 Å². The lowest BCUT2D eigenvalue weighted by atomic mass is 9.70. The summed E-state index contributed by atoms with van der Waals surface area (Å²) in [5.74, 6) is 1.09. The molecule has 4 aromatic carbocycles. The lowest BCUT2D eigenvalue weighted by Gasteiger charge is -2.33. The van der Waals surface area contributed by atoms with Crippen LogP contribution in [-0.2, 0) is 5.41 Å². The fraction of sp³-hybridized carbons (Fsp3) is 0.265. The number of phenols is 1. The van der Waals surface area contributed by atoms with Crippen LogP contribution in [0.3, 0.4) is 0 Å². The molecular formula is C34H35NO. The zero-order valence-electron chi connectivity index (χ0n) is 21.3. The molecule has 1 saturated carbocycles. The number of aromatic hydroxyl groups is 1. The molecule has 2 heteroatoms. The van der Waals surface area contributed by atoms with Gasteiger partial charge in [-0.1, -0.05) is 97.9 Å². The van der Waals surface area contributed by atoms with Crippen LogP contribution in [0.15, 0.2) is 108 Å². The summed E-state index contributed by atoms with van der Waals surface area (Å²) in [6, 6.07) is 36.0. The summed E-state index contributed by atoms with van der Waals surface area (Å²) < 4.78 is 0. The Balaban J connectivity index is 1.69. The van der Waals surface area contributed by atoms with Crippen molar-refractivity contribution in [2.45, 2.75) is 51.0 Å². The van der Waals surface area contributed by atoms with Crippen LogP contribution in [0, 0.1) is 5.92 Å². The van der Waals surface area contributed by atoms with Gasteiger partial charge in [-0.2, -0.15) is 0 Å². The molecule has 0 radical (unpaired) electrons. The van der Waals surface area contributed by atoms with Crippen molar-refractivity contribution in [2.75, 3.05) is 0 Å². The fourth-order valence-corrected chi connectivity index (χ4v) is 5.53. The highest BCUT2D eigenvalue weighted by Crippen LogP contribution is 2.45. The predicted octanol–water partition coefficient (Wildman–Crippen LogP) is 8.41. The summed E-state index contributed by atoms with van der Waals surface area (Å²) in [6.45, 7) is 4.54. The lowest BCUT2D eigenvalue weighted by molar-refractivity contribution is 0.350. The van der Waals surface area contributed by atoms with E-state index in [9.17, 15) is 5.11 Å². The molecule has 1 N–H and O–H groups in total. The Hall–Kier alpha value is -3.65. The number of aliphatic imine (C=N–C) groups is 1. The van der Waals surface area contributed by atoms with Crippen molar-refractivity contribution in [3.05, 3.63) is 125 Å². The molecule has 0 atom stereocenters. The van der Waals surface area contributed by atoms with Gasteiger partial charge in [0.1, 0.15) is 5.75 Å². The fourth-order valence-electron chi connectivity index (χ4n) is 5.53. The van der Waals surface area contributed by atoms with Crippen molar-refractivity contribution in [1.82, 2.24) is 0 Å². The van der Waals surface area contributed by atoms with Crippen LogP contribution in [0.5, 0.6) is 5.75 Å². The summed E-state index contributed by atoms with van der Waals surface area (Å²) in [7, 11) is 0. The molecule has 0 amide bonds. The van der Waals surface area contributed by atoms with Crippen LogP contribution in [0.4, 0.5) is 0 Å². The SMILES string of the molecule is CC1CCC(N=Cc2cc(-c3ccccc3)cc(C(C)(c3ccccc3)c3ccccc3)c2O)CC1. The first-order valence-corrected chi connectivity index (χ1v) is 13.1. The third kappa shape index (κ3) is 4.86. The van der Waals surface area contributed by atoms with Crippen molar-refractivity contribution in [3.63, 3.8) is 0 Å². The van der Waals surface area contributed by atoms with Crippen molar-refractivity contribution in [3.8, 4) is 16.9 Å². The molecule has 5 rings (SSSR count). The first kappa shape index (κ1) is 24.1. The Morgan fingerprint density at radius 3 is 1.81 bits per heavy atom. The first-order chi connectivity index (χ1) is 17.6. The van der Waals surface area contributed by atoms with Gasteiger partial charge in [0, 0.05) is 28.8 Å². The second kappa shape index (κ2) is 10.5. The number of hydrogen-bond donors (Lipinski definition) is 1. The summed E-state index contributed by atoms with van der Waals surface area (Å²) in [5.41, 5.74) is 5.62. The highest BCUT2D eigenvalue weighted by atomic mass is 16.3. The number of rotatable bonds is 6. The standard InChI is InChI=1S/C34H35NO/c1-25-18-20-31(21-19-25)35-24-28-22-27(26-12-6-3-7-13-26)23-32(33(28)36)34(2,29-14-8-4-9-15-29)30-16-10-5-11-17-30/h3-17,22-25,31,36H,18-21H2,1-2H3. The Morgan fingerprint density at radius 1 is 0.722 bits per heavy atom. The minimum atomic E-state index is -0.541. The van der Waals surface area contributed by atoms with Crippen molar-refractivity contribution in [1.29, 1.82) is 0 Å². The summed E-state index contributed by atoms with van der Waals surface area (Å²) in [6.07, 6.45) is 6.61. The molecule has 0 saturated heterocycles. The second-order valence-corrected chi connectivity index (χ2v) is 10.4. The van der Waals surface area contributed by atoms with Gasteiger partial charge in [0.15, 0.2) is 0 Å². The van der Waals surface area contributed by atoms with Crippen LogP contribution in [0.1, 0.15) is 61.8 Å². The van der Waals surface area contributed by atoms with E-state index in [2.05, 4.69) is 98.8 Å². The van der Waals surface area contributed by atoms with Gasteiger partial charge in [0.2, 0.25) is 0 Å². The molecule has 2 nitrogen and oxygen atoms in total. The van der Waals surface area contributed by atoms with Gasteiger partial charge in [-0.05, 0) is 72.9 Å². The average molecular weight is 474 g/mol. The predicted molar refractivity (Wildman–Crippen MR) is 151 cm³/mol. The van der Waals surface area contributed by atoms with E-state index in [1.807, 2.05) is 24.4 Å². The molecule has 0 aliphatic heterocycles. The molecule has 0 bridgehead atoms. The molecule has 0 aromatic heterocycles. The molecule has 0 spiro atoms. The van der Waals surface area contributed by atoms with Crippen LogP contribution >= 0.6 is 0 Å². The molecule has 1 aliphatic carbocycles. The first-order valence-electron chi connectivity index (χ1n) is 13.1. The molecule has 0 heterocycles. The van der Waals surface area contributed by atoms with Gasteiger partial charge in [-0.3, -0.25) is 4.99 Å². The zero-order chi connectivity index (χ0) is 25.0. The van der Waals surface area contributed by atoms with E-state index >= 15 is 0 Å². The van der Waals surface area contributed by atoms with Gasteiger partial charge in [-0.25, -0.2) is 0 Å². The molecule has 36 heavy (non-hydrogen) atoms. The summed E-state index contributed by atoms with van der Waals surface area (Å²) >= 11 is 0. The second-order valence-electron chi connectivity index (χ2n) is 10.4. The van der Waals surface area contributed by atoms with Crippen molar-refractivity contribution >= 4 is 6.21 Å². The number of benzene rings is 4. The van der Waals surface area contributed by atoms with E-state index in [1.165, 1.54) is 12.8 Å². The van der Waals surface area contributed by atoms with E-state index in [1.54, 1.807) is 0 Å². The van der Waals surface area contributed by atoms with Crippen LogP contribution in [0.25, 0.3) is 11.1 Å². The summed E-state index contributed by atoms with van der Waals surface area (Å²) in [4.78, 5) is 4.97. The average Bonchev–Trinajstić information content (AvgIpc) is 2.94. The maximum absolute atomic E-state index is 11.8. The van der Waals surface area contributed by atoms with E-state index in [0.717, 1.165) is 52.1 Å². The van der Waals surface area contributed by atoms with Gasteiger partial charge < -0.3 is 5.11 Å².